The average molecular weight is 353 g/mol. The summed E-state index contributed by atoms with van der Waals surface area (Å²) in [5, 5.41) is 6.84. The molecule has 0 fully saturated rings. The molecule has 122 valence electrons. The monoisotopic (exact) mass is 352 g/mol. The van der Waals surface area contributed by atoms with Crippen LogP contribution in [0.2, 0.25) is 10.0 Å². The summed E-state index contributed by atoms with van der Waals surface area (Å²) >= 11 is 11.6. The lowest BCUT2D eigenvalue weighted by Crippen LogP contribution is -2.43. The summed E-state index contributed by atoms with van der Waals surface area (Å²) in [5.41, 5.74) is 1.11. The highest BCUT2D eigenvalue weighted by atomic mass is 35.5. The highest BCUT2D eigenvalue weighted by Crippen LogP contribution is 2.16. The van der Waals surface area contributed by atoms with Crippen molar-refractivity contribution in [2.45, 2.75) is 19.6 Å². The lowest BCUT2D eigenvalue weighted by Gasteiger charge is -2.16. The third-order valence-corrected chi connectivity index (χ3v) is 3.58. The molecule has 0 saturated heterocycles. The van der Waals surface area contributed by atoms with Gasteiger partial charge in [-0.2, -0.15) is 0 Å². The Kier molecular flexibility index (Phi) is 6.56. The first kappa shape index (κ1) is 17.4. The molecule has 0 aliphatic rings. The van der Waals surface area contributed by atoms with Crippen LogP contribution < -0.4 is 15.4 Å². The van der Waals surface area contributed by atoms with E-state index in [1.807, 2.05) is 24.3 Å². The number of ether oxygens (including phenoxy) is 1. The van der Waals surface area contributed by atoms with E-state index in [1.54, 1.807) is 31.2 Å². The van der Waals surface area contributed by atoms with Crippen molar-refractivity contribution in [3.8, 4) is 5.75 Å². The molecule has 2 aromatic rings. The normalized spacial score (nSPS) is 11.6. The molecule has 0 spiro atoms. The Balaban J connectivity index is 1.69. The summed E-state index contributed by atoms with van der Waals surface area (Å²) in [6.07, 6.45) is 0.281. The predicted molar refractivity (Wildman–Crippen MR) is 93.2 cm³/mol. The quantitative estimate of drug-likeness (QED) is 0.763. The number of carbonyl (C=O) groups is 1. The van der Waals surface area contributed by atoms with E-state index in [9.17, 15) is 4.79 Å². The van der Waals surface area contributed by atoms with E-state index in [2.05, 4.69) is 10.6 Å². The van der Waals surface area contributed by atoms with Gasteiger partial charge in [-0.3, -0.25) is 0 Å². The molecule has 23 heavy (non-hydrogen) atoms. The molecule has 2 N–H and O–H groups in total. The number of hydrogen-bond acceptors (Lipinski definition) is 2. The highest BCUT2D eigenvalue weighted by Gasteiger charge is 2.08. The number of urea groups is 1. The Hall–Kier alpha value is -1.91. The van der Waals surface area contributed by atoms with Crippen LogP contribution in [-0.2, 0) is 6.42 Å². The van der Waals surface area contributed by atoms with Gasteiger partial charge in [0.05, 0.1) is 0 Å². The first-order valence-corrected chi connectivity index (χ1v) is 7.99. The van der Waals surface area contributed by atoms with Crippen molar-refractivity contribution in [1.82, 2.24) is 10.6 Å². The fourth-order valence-corrected chi connectivity index (χ4v) is 2.21. The second kappa shape index (κ2) is 8.65. The standard InChI is InChI=1S/C17H18Cl2N2O2/c1-12(23-16-8-6-15(19)7-9-16)21-17(22)20-11-10-13-2-4-14(18)5-3-13/h2-9,12H,10-11H2,1H3,(H2,20,21,22). The molecule has 0 saturated carbocycles. The Labute approximate surface area is 145 Å². The number of carbonyl (C=O) groups excluding carboxylic acids is 1. The van der Waals surface area contributed by atoms with Crippen LogP contribution in [0.1, 0.15) is 12.5 Å². The number of amides is 2. The number of nitrogens with one attached hydrogen (secondary N) is 2. The maximum absolute atomic E-state index is 11.8. The minimum atomic E-state index is -0.452. The van der Waals surface area contributed by atoms with Crippen LogP contribution in [0.4, 0.5) is 4.79 Å². The van der Waals surface area contributed by atoms with Crippen molar-refractivity contribution >= 4 is 29.2 Å². The van der Waals surface area contributed by atoms with Gasteiger partial charge in [0, 0.05) is 16.6 Å². The highest BCUT2D eigenvalue weighted by molar-refractivity contribution is 6.30. The minimum Gasteiger partial charge on any atom is -0.471 e. The van der Waals surface area contributed by atoms with Gasteiger partial charge in [0.2, 0.25) is 0 Å². The zero-order valence-electron chi connectivity index (χ0n) is 12.7. The van der Waals surface area contributed by atoms with Crippen molar-refractivity contribution in [3.05, 3.63) is 64.1 Å². The lowest BCUT2D eigenvalue weighted by atomic mass is 10.1. The van der Waals surface area contributed by atoms with Crippen LogP contribution in [0, 0.1) is 0 Å². The van der Waals surface area contributed by atoms with Crippen LogP contribution in [0.15, 0.2) is 48.5 Å². The fourth-order valence-electron chi connectivity index (χ4n) is 1.95. The maximum atomic E-state index is 11.8. The fraction of sp³-hybridized carbons (Fsp3) is 0.235. The van der Waals surface area contributed by atoms with Gasteiger partial charge in [-0.15, -0.1) is 0 Å². The molecule has 2 amide bonds. The second-order valence-electron chi connectivity index (χ2n) is 4.99. The number of rotatable bonds is 6. The molecular weight excluding hydrogens is 335 g/mol. The van der Waals surface area contributed by atoms with Crippen LogP contribution in [0.5, 0.6) is 5.75 Å². The predicted octanol–water partition coefficient (Wildman–Crippen LogP) is 4.26. The third-order valence-electron chi connectivity index (χ3n) is 3.07. The van der Waals surface area contributed by atoms with E-state index < -0.39 is 6.23 Å². The van der Waals surface area contributed by atoms with Crippen LogP contribution in [-0.4, -0.2) is 18.8 Å². The van der Waals surface area contributed by atoms with Crippen molar-refractivity contribution in [1.29, 1.82) is 0 Å². The number of hydrogen-bond donors (Lipinski definition) is 2. The van der Waals surface area contributed by atoms with E-state index in [1.165, 1.54) is 0 Å². The van der Waals surface area contributed by atoms with E-state index in [0.29, 0.717) is 22.3 Å². The molecule has 1 unspecified atom stereocenters. The summed E-state index contributed by atoms with van der Waals surface area (Å²) in [7, 11) is 0. The summed E-state index contributed by atoms with van der Waals surface area (Å²) in [4.78, 5) is 11.8. The van der Waals surface area contributed by atoms with Gasteiger partial charge in [-0.25, -0.2) is 4.79 Å². The molecule has 0 aliphatic heterocycles. The first-order valence-electron chi connectivity index (χ1n) is 7.24. The van der Waals surface area contributed by atoms with Crippen molar-refractivity contribution in [2.24, 2.45) is 0 Å². The molecule has 0 heterocycles. The minimum absolute atomic E-state index is 0.277. The van der Waals surface area contributed by atoms with Gasteiger partial charge in [-0.05, 0) is 55.3 Å². The molecular formula is C17H18Cl2N2O2. The van der Waals surface area contributed by atoms with E-state index in [4.69, 9.17) is 27.9 Å². The molecule has 0 aromatic heterocycles. The molecule has 0 bridgehead atoms. The Morgan fingerprint density at radius 1 is 1.04 bits per heavy atom. The van der Waals surface area contributed by atoms with Gasteiger partial charge in [-0.1, -0.05) is 35.3 Å². The third kappa shape index (κ3) is 6.38. The van der Waals surface area contributed by atoms with Crippen LogP contribution >= 0.6 is 23.2 Å². The van der Waals surface area contributed by atoms with Crippen LogP contribution in [0.3, 0.4) is 0 Å². The molecule has 4 nitrogen and oxygen atoms in total. The Bertz CT molecular complexity index is 630. The summed E-state index contributed by atoms with van der Waals surface area (Å²) < 4.78 is 5.57. The van der Waals surface area contributed by atoms with Crippen molar-refractivity contribution in [3.63, 3.8) is 0 Å². The average Bonchev–Trinajstić information content (AvgIpc) is 2.51. The van der Waals surface area contributed by atoms with Gasteiger partial charge in [0.25, 0.3) is 0 Å². The van der Waals surface area contributed by atoms with Crippen molar-refractivity contribution in [2.75, 3.05) is 6.54 Å². The zero-order chi connectivity index (χ0) is 16.7. The van der Waals surface area contributed by atoms with Crippen molar-refractivity contribution < 1.29 is 9.53 Å². The first-order chi connectivity index (χ1) is 11.0. The lowest BCUT2D eigenvalue weighted by molar-refractivity contribution is 0.177. The van der Waals surface area contributed by atoms with Crippen LogP contribution in [0.25, 0.3) is 0 Å². The smallest absolute Gasteiger partial charge is 0.317 e. The van der Waals surface area contributed by atoms with E-state index >= 15 is 0 Å². The maximum Gasteiger partial charge on any atom is 0.317 e. The largest absolute Gasteiger partial charge is 0.471 e. The molecule has 1 atom stereocenters. The molecule has 0 aliphatic carbocycles. The summed E-state index contributed by atoms with van der Waals surface area (Å²) in [6.45, 7) is 2.29. The number of benzene rings is 2. The molecule has 2 rings (SSSR count). The second-order valence-corrected chi connectivity index (χ2v) is 5.86. The molecule has 6 heteroatoms. The SMILES string of the molecule is CC(NC(=O)NCCc1ccc(Cl)cc1)Oc1ccc(Cl)cc1. The van der Waals surface area contributed by atoms with Gasteiger partial charge in [0.15, 0.2) is 6.23 Å². The summed E-state index contributed by atoms with van der Waals surface area (Å²) in [6, 6.07) is 14.2. The zero-order valence-corrected chi connectivity index (χ0v) is 14.2. The van der Waals surface area contributed by atoms with Gasteiger partial charge in [0.1, 0.15) is 5.75 Å². The van der Waals surface area contributed by atoms with E-state index in [0.717, 1.165) is 12.0 Å². The van der Waals surface area contributed by atoms with Gasteiger partial charge >= 0.3 is 6.03 Å². The topological polar surface area (TPSA) is 50.4 Å². The molecule has 2 aromatic carbocycles. The van der Waals surface area contributed by atoms with E-state index in [-0.39, 0.29) is 6.03 Å². The van der Waals surface area contributed by atoms with Gasteiger partial charge < -0.3 is 15.4 Å². The Morgan fingerprint density at radius 3 is 2.22 bits per heavy atom. The number of halogens is 2. The molecule has 0 radical (unpaired) electrons. The Morgan fingerprint density at radius 2 is 1.61 bits per heavy atom. The summed E-state index contributed by atoms with van der Waals surface area (Å²) in [5.74, 6) is 0.642.